The molecular formula is C13H15IN6O. The van der Waals surface area contributed by atoms with E-state index in [1.54, 1.807) is 12.4 Å². The summed E-state index contributed by atoms with van der Waals surface area (Å²) < 4.78 is 0.631. The third-order valence-corrected chi connectivity index (χ3v) is 4.50. The molecule has 3 rings (SSSR count). The molecule has 1 fully saturated rings. The maximum absolute atomic E-state index is 11.6. The van der Waals surface area contributed by atoms with Crippen LogP contribution in [0.15, 0.2) is 29.6 Å². The van der Waals surface area contributed by atoms with Crippen LogP contribution in [0.3, 0.4) is 0 Å². The summed E-state index contributed by atoms with van der Waals surface area (Å²) in [7, 11) is 0. The van der Waals surface area contributed by atoms with Crippen molar-refractivity contribution in [2.45, 2.75) is 0 Å². The van der Waals surface area contributed by atoms with Crippen LogP contribution in [0.1, 0.15) is 0 Å². The van der Waals surface area contributed by atoms with Gasteiger partial charge in [-0.1, -0.05) is 0 Å². The molecule has 8 heteroatoms. The quantitative estimate of drug-likeness (QED) is 0.724. The van der Waals surface area contributed by atoms with E-state index in [-0.39, 0.29) is 5.56 Å². The minimum atomic E-state index is -0.0959. The molecule has 1 saturated heterocycles. The van der Waals surface area contributed by atoms with Crippen molar-refractivity contribution < 1.29 is 0 Å². The molecule has 21 heavy (non-hydrogen) atoms. The average Bonchev–Trinajstić information content (AvgIpc) is 2.51. The number of nitrogen functional groups attached to an aromatic ring is 1. The van der Waals surface area contributed by atoms with E-state index in [1.165, 1.54) is 6.33 Å². The van der Waals surface area contributed by atoms with Crippen molar-refractivity contribution in [1.82, 2.24) is 15.0 Å². The molecule has 0 saturated carbocycles. The van der Waals surface area contributed by atoms with Gasteiger partial charge in [-0.25, -0.2) is 4.98 Å². The fourth-order valence-electron chi connectivity index (χ4n) is 2.44. The number of rotatable bonds is 2. The molecule has 1 aliphatic heterocycles. The predicted molar refractivity (Wildman–Crippen MR) is 90.7 cm³/mol. The highest BCUT2D eigenvalue weighted by Gasteiger charge is 2.21. The van der Waals surface area contributed by atoms with Gasteiger partial charge in [0, 0.05) is 32.4 Å². The van der Waals surface area contributed by atoms with Gasteiger partial charge in [-0.15, -0.1) is 0 Å². The highest BCUT2D eigenvalue weighted by Crippen LogP contribution is 2.24. The zero-order chi connectivity index (χ0) is 14.8. The number of aromatic amines is 1. The first-order chi connectivity index (χ1) is 10.2. The summed E-state index contributed by atoms with van der Waals surface area (Å²) in [6, 6.07) is 1.93. The van der Waals surface area contributed by atoms with E-state index < -0.39 is 0 Å². The largest absolute Gasteiger partial charge is 0.396 e. The van der Waals surface area contributed by atoms with E-state index >= 15 is 0 Å². The Hall–Kier alpha value is -1.84. The molecule has 2 aromatic rings. The van der Waals surface area contributed by atoms with E-state index in [0.717, 1.165) is 37.7 Å². The smallest absolute Gasteiger partial charge is 0.266 e. The number of H-pyrrole nitrogens is 1. The van der Waals surface area contributed by atoms with Crippen LogP contribution in [0.2, 0.25) is 0 Å². The fraction of sp³-hybridized carbons (Fsp3) is 0.308. The zero-order valence-electron chi connectivity index (χ0n) is 11.3. The summed E-state index contributed by atoms with van der Waals surface area (Å²) in [5.74, 6) is 0.752. The van der Waals surface area contributed by atoms with Crippen molar-refractivity contribution in [2.75, 3.05) is 41.7 Å². The van der Waals surface area contributed by atoms with Crippen molar-refractivity contribution in [3.05, 3.63) is 38.7 Å². The second kappa shape index (κ2) is 5.88. The lowest BCUT2D eigenvalue weighted by atomic mass is 10.2. The van der Waals surface area contributed by atoms with Gasteiger partial charge in [0.05, 0.1) is 23.9 Å². The zero-order valence-corrected chi connectivity index (χ0v) is 13.4. The normalized spacial score (nSPS) is 15.3. The van der Waals surface area contributed by atoms with Gasteiger partial charge >= 0.3 is 0 Å². The number of piperazine rings is 1. The van der Waals surface area contributed by atoms with E-state index in [9.17, 15) is 4.79 Å². The Labute approximate surface area is 135 Å². The molecule has 0 radical (unpaired) electrons. The number of halogens is 1. The molecule has 0 unspecified atom stereocenters. The first kappa shape index (κ1) is 14.1. The van der Waals surface area contributed by atoms with Gasteiger partial charge in [0.2, 0.25) is 0 Å². The summed E-state index contributed by atoms with van der Waals surface area (Å²) in [4.78, 5) is 26.9. The van der Waals surface area contributed by atoms with Crippen molar-refractivity contribution in [1.29, 1.82) is 0 Å². The van der Waals surface area contributed by atoms with Crippen LogP contribution in [-0.4, -0.2) is 41.1 Å². The molecule has 2 aromatic heterocycles. The minimum absolute atomic E-state index is 0.0959. The third-order valence-electron chi connectivity index (χ3n) is 3.53. The number of hydrogen-bond donors (Lipinski definition) is 2. The fourth-order valence-corrected chi connectivity index (χ4v) is 3.08. The first-order valence-corrected chi connectivity index (χ1v) is 7.67. The number of pyridine rings is 1. The van der Waals surface area contributed by atoms with Gasteiger partial charge in [-0.05, 0) is 28.7 Å². The number of nitrogens with zero attached hydrogens (tertiary/aromatic N) is 4. The summed E-state index contributed by atoms with van der Waals surface area (Å²) in [6.07, 6.45) is 4.87. The highest BCUT2D eigenvalue weighted by molar-refractivity contribution is 14.1. The number of nitrogens with one attached hydrogen (secondary N) is 1. The average molecular weight is 398 g/mol. The van der Waals surface area contributed by atoms with Crippen LogP contribution in [0.4, 0.5) is 17.2 Å². The van der Waals surface area contributed by atoms with Crippen molar-refractivity contribution in [2.24, 2.45) is 0 Å². The molecule has 1 aliphatic rings. The third kappa shape index (κ3) is 2.80. The van der Waals surface area contributed by atoms with Crippen LogP contribution in [0, 0.1) is 3.57 Å². The Morgan fingerprint density at radius 3 is 2.67 bits per heavy atom. The Kier molecular flexibility index (Phi) is 3.95. The minimum Gasteiger partial charge on any atom is -0.396 e. The van der Waals surface area contributed by atoms with Crippen LogP contribution >= 0.6 is 22.6 Å². The molecule has 0 spiro atoms. The molecule has 0 bridgehead atoms. The topological polar surface area (TPSA) is 91.1 Å². The van der Waals surface area contributed by atoms with E-state index in [4.69, 9.17) is 5.73 Å². The second-order valence-electron chi connectivity index (χ2n) is 4.78. The summed E-state index contributed by atoms with van der Waals surface area (Å²) >= 11 is 2.04. The van der Waals surface area contributed by atoms with Gasteiger partial charge in [0.15, 0.2) is 0 Å². The SMILES string of the molecule is Nc1cnccc1N1CCN(c2nc[nH]c(=O)c2I)CC1. The maximum Gasteiger partial charge on any atom is 0.266 e. The first-order valence-electron chi connectivity index (χ1n) is 6.59. The number of hydrogen-bond acceptors (Lipinski definition) is 6. The van der Waals surface area contributed by atoms with Gasteiger partial charge < -0.3 is 20.5 Å². The molecular weight excluding hydrogens is 383 g/mol. The maximum atomic E-state index is 11.6. The Morgan fingerprint density at radius 2 is 1.95 bits per heavy atom. The number of anilines is 3. The van der Waals surface area contributed by atoms with Crippen LogP contribution in [0.5, 0.6) is 0 Å². The lowest BCUT2D eigenvalue weighted by Crippen LogP contribution is -2.47. The Bertz CT molecular complexity index is 695. The summed E-state index contributed by atoms with van der Waals surface area (Å²) in [5, 5.41) is 0. The molecule has 110 valence electrons. The lowest BCUT2D eigenvalue weighted by molar-refractivity contribution is 0.645. The van der Waals surface area contributed by atoms with Crippen molar-refractivity contribution >= 4 is 39.8 Å². The van der Waals surface area contributed by atoms with Crippen LogP contribution < -0.4 is 21.1 Å². The predicted octanol–water partition coefficient (Wildman–Crippen LogP) is 0.678. The Morgan fingerprint density at radius 1 is 1.24 bits per heavy atom. The van der Waals surface area contributed by atoms with Gasteiger partial charge in [-0.3, -0.25) is 9.78 Å². The molecule has 3 N–H and O–H groups in total. The van der Waals surface area contributed by atoms with Crippen LogP contribution in [-0.2, 0) is 0 Å². The number of nitrogens with two attached hydrogens (primary N) is 1. The van der Waals surface area contributed by atoms with Crippen LogP contribution in [0.25, 0.3) is 0 Å². The van der Waals surface area contributed by atoms with Gasteiger partial charge in [0.1, 0.15) is 9.39 Å². The molecule has 0 aliphatic carbocycles. The second-order valence-corrected chi connectivity index (χ2v) is 5.86. The highest BCUT2D eigenvalue weighted by atomic mass is 127. The van der Waals surface area contributed by atoms with Crippen molar-refractivity contribution in [3.63, 3.8) is 0 Å². The summed E-state index contributed by atoms with van der Waals surface area (Å²) in [6.45, 7) is 3.26. The number of aromatic nitrogens is 3. The molecule has 0 amide bonds. The molecule has 0 atom stereocenters. The van der Waals surface area contributed by atoms with E-state index in [1.807, 2.05) is 28.7 Å². The van der Waals surface area contributed by atoms with Gasteiger partial charge in [0.25, 0.3) is 5.56 Å². The van der Waals surface area contributed by atoms with E-state index in [2.05, 4.69) is 24.8 Å². The Balaban J connectivity index is 1.75. The van der Waals surface area contributed by atoms with Crippen molar-refractivity contribution in [3.8, 4) is 0 Å². The van der Waals surface area contributed by atoms with Gasteiger partial charge in [-0.2, -0.15) is 0 Å². The monoisotopic (exact) mass is 398 g/mol. The summed E-state index contributed by atoms with van der Waals surface area (Å²) in [5.41, 5.74) is 7.57. The molecule has 7 nitrogen and oxygen atoms in total. The molecule has 3 heterocycles. The lowest BCUT2D eigenvalue weighted by Gasteiger charge is -2.37. The molecule has 0 aromatic carbocycles. The van der Waals surface area contributed by atoms with E-state index in [0.29, 0.717) is 9.26 Å². The standard InChI is InChI=1S/C13H15IN6O/c14-11-12(17-8-18-13(11)21)20-5-3-19(4-6-20)10-1-2-16-7-9(10)15/h1-2,7-8H,3-6,15H2,(H,17,18,21).